The maximum Gasteiger partial charge on any atom is 0.320 e. The SMILES string of the molecule is C=CCN(CCCS(C)(=O)=O)CC(=O)OCC. The van der Waals surface area contributed by atoms with Gasteiger partial charge >= 0.3 is 5.97 Å². The number of rotatable bonds is 9. The molecule has 0 aliphatic carbocycles. The minimum absolute atomic E-state index is 0.128. The van der Waals surface area contributed by atoms with Crippen molar-refractivity contribution in [2.24, 2.45) is 0 Å². The first-order chi connectivity index (χ1) is 7.89. The summed E-state index contributed by atoms with van der Waals surface area (Å²) in [6.07, 6.45) is 3.39. The van der Waals surface area contributed by atoms with Crippen LogP contribution in [-0.4, -0.2) is 57.5 Å². The highest BCUT2D eigenvalue weighted by molar-refractivity contribution is 7.90. The molecule has 6 heteroatoms. The lowest BCUT2D eigenvalue weighted by atomic mass is 10.4. The van der Waals surface area contributed by atoms with E-state index in [1.165, 1.54) is 6.26 Å². The molecule has 0 unspecified atom stereocenters. The van der Waals surface area contributed by atoms with E-state index in [1.807, 2.05) is 4.90 Å². The van der Waals surface area contributed by atoms with E-state index in [1.54, 1.807) is 13.0 Å². The summed E-state index contributed by atoms with van der Waals surface area (Å²) in [5, 5.41) is 0. The van der Waals surface area contributed by atoms with Gasteiger partial charge in [-0.3, -0.25) is 9.69 Å². The summed E-state index contributed by atoms with van der Waals surface area (Å²) >= 11 is 0. The van der Waals surface area contributed by atoms with Gasteiger partial charge in [-0.15, -0.1) is 6.58 Å². The monoisotopic (exact) mass is 263 g/mol. The first-order valence-electron chi connectivity index (χ1n) is 5.55. The van der Waals surface area contributed by atoms with Crippen molar-refractivity contribution in [2.45, 2.75) is 13.3 Å². The van der Waals surface area contributed by atoms with Crippen LogP contribution in [0, 0.1) is 0 Å². The molecule has 0 heterocycles. The number of carbonyl (C=O) groups excluding carboxylic acids is 1. The summed E-state index contributed by atoms with van der Waals surface area (Å²) in [6.45, 7) is 6.95. The number of sulfone groups is 1. The van der Waals surface area contributed by atoms with Crippen LogP contribution in [0.25, 0.3) is 0 Å². The molecule has 5 nitrogen and oxygen atoms in total. The molecule has 0 aliphatic rings. The Hall–Kier alpha value is -0.880. The number of esters is 1. The molecule has 0 amide bonds. The Bertz CT molecular complexity index is 337. The smallest absolute Gasteiger partial charge is 0.320 e. The molecule has 0 bridgehead atoms. The van der Waals surface area contributed by atoms with Crippen molar-refractivity contribution in [1.82, 2.24) is 4.90 Å². The molecule has 0 spiro atoms. The van der Waals surface area contributed by atoms with Gasteiger partial charge in [0, 0.05) is 19.3 Å². The standard InChI is InChI=1S/C11H21NO4S/c1-4-7-12(10-11(13)16-5-2)8-6-9-17(3,14)15/h4H,1,5-10H2,2-3H3. The van der Waals surface area contributed by atoms with Gasteiger partial charge in [0.05, 0.1) is 18.9 Å². The van der Waals surface area contributed by atoms with Crippen LogP contribution in [0.4, 0.5) is 0 Å². The van der Waals surface area contributed by atoms with Gasteiger partial charge < -0.3 is 4.74 Å². The zero-order valence-corrected chi connectivity index (χ0v) is 11.3. The van der Waals surface area contributed by atoms with Gasteiger partial charge in [-0.1, -0.05) is 6.08 Å². The largest absolute Gasteiger partial charge is 0.465 e. The van der Waals surface area contributed by atoms with E-state index >= 15 is 0 Å². The van der Waals surface area contributed by atoms with E-state index in [9.17, 15) is 13.2 Å². The van der Waals surface area contributed by atoms with Crippen molar-refractivity contribution in [1.29, 1.82) is 0 Å². The Morgan fingerprint density at radius 1 is 1.47 bits per heavy atom. The number of hydrogen-bond acceptors (Lipinski definition) is 5. The minimum Gasteiger partial charge on any atom is -0.465 e. The summed E-state index contributed by atoms with van der Waals surface area (Å²) in [5.74, 6) is -0.169. The van der Waals surface area contributed by atoms with Crippen LogP contribution < -0.4 is 0 Å². The lowest BCUT2D eigenvalue weighted by molar-refractivity contribution is -0.144. The topological polar surface area (TPSA) is 63.7 Å². The van der Waals surface area contributed by atoms with Crippen molar-refractivity contribution in [3.8, 4) is 0 Å². The Kier molecular flexibility index (Phi) is 7.82. The predicted molar refractivity (Wildman–Crippen MR) is 67.6 cm³/mol. The average Bonchev–Trinajstić information content (AvgIpc) is 2.16. The second-order valence-corrected chi connectivity index (χ2v) is 6.07. The van der Waals surface area contributed by atoms with E-state index in [0.29, 0.717) is 26.1 Å². The van der Waals surface area contributed by atoms with Gasteiger partial charge in [0.2, 0.25) is 0 Å². The van der Waals surface area contributed by atoms with Crippen molar-refractivity contribution in [3.63, 3.8) is 0 Å². The molecule has 0 N–H and O–H groups in total. The van der Waals surface area contributed by atoms with Gasteiger partial charge in [-0.2, -0.15) is 0 Å². The Balaban J connectivity index is 4.06. The van der Waals surface area contributed by atoms with Gasteiger partial charge in [-0.05, 0) is 13.3 Å². The Morgan fingerprint density at radius 2 is 2.12 bits per heavy atom. The lowest BCUT2D eigenvalue weighted by Gasteiger charge is -2.19. The molecule has 0 radical (unpaired) electrons. The normalized spacial score (nSPS) is 11.5. The quantitative estimate of drug-likeness (QED) is 0.447. The maximum absolute atomic E-state index is 11.3. The third-order valence-electron chi connectivity index (χ3n) is 2.03. The van der Waals surface area contributed by atoms with Crippen LogP contribution in [0.2, 0.25) is 0 Å². The first kappa shape index (κ1) is 16.1. The van der Waals surface area contributed by atoms with Crippen LogP contribution in [0.15, 0.2) is 12.7 Å². The summed E-state index contributed by atoms with van der Waals surface area (Å²) < 4.78 is 26.8. The highest BCUT2D eigenvalue weighted by atomic mass is 32.2. The molecule has 0 aliphatic heterocycles. The third kappa shape index (κ3) is 10.0. The van der Waals surface area contributed by atoms with Crippen LogP contribution in [0.1, 0.15) is 13.3 Å². The van der Waals surface area contributed by atoms with E-state index in [-0.39, 0.29) is 18.3 Å². The van der Waals surface area contributed by atoms with Gasteiger partial charge in [0.1, 0.15) is 9.84 Å². The van der Waals surface area contributed by atoms with Gasteiger partial charge in [0.15, 0.2) is 0 Å². The zero-order valence-electron chi connectivity index (χ0n) is 10.5. The van der Waals surface area contributed by atoms with Crippen molar-refractivity contribution < 1.29 is 17.9 Å². The van der Waals surface area contributed by atoms with Crippen molar-refractivity contribution >= 4 is 15.8 Å². The summed E-state index contributed by atoms with van der Waals surface area (Å²) in [7, 11) is -2.94. The van der Waals surface area contributed by atoms with Crippen LogP contribution in [0.5, 0.6) is 0 Å². The molecule has 0 aromatic heterocycles. The maximum atomic E-state index is 11.3. The van der Waals surface area contributed by atoms with Gasteiger partial charge in [0.25, 0.3) is 0 Å². The van der Waals surface area contributed by atoms with E-state index < -0.39 is 9.84 Å². The van der Waals surface area contributed by atoms with E-state index in [4.69, 9.17) is 4.74 Å². The minimum atomic E-state index is -2.94. The highest BCUT2D eigenvalue weighted by Crippen LogP contribution is 1.96. The molecular formula is C11H21NO4S. The molecular weight excluding hydrogens is 242 g/mol. The Morgan fingerprint density at radius 3 is 2.59 bits per heavy atom. The fourth-order valence-electron chi connectivity index (χ4n) is 1.36. The molecule has 0 atom stereocenters. The van der Waals surface area contributed by atoms with E-state index in [2.05, 4.69) is 6.58 Å². The lowest BCUT2D eigenvalue weighted by Crippen LogP contribution is -2.32. The first-order valence-corrected chi connectivity index (χ1v) is 7.61. The molecule has 17 heavy (non-hydrogen) atoms. The zero-order chi connectivity index (χ0) is 13.3. The molecule has 100 valence electrons. The number of ether oxygens (including phenoxy) is 1. The van der Waals surface area contributed by atoms with Crippen molar-refractivity contribution in [2.75, 3.05) is 38.2 Å². The van der Waals surface area contributed by atoms with Crippen LogP contribution in [-0.2, 0) is 19.4 Å². The number of carbonyl (C=O) groups is 1. The van der Waals surface area contributed by atoms with Crippen molar-refractivity contribution in [3.05, 3.63) is 12.7 Å². The molecule has 0 fully saturated rings. The van der Waals surface area contributed by atoms with E-state index in [0.717, 1.165) is 0 Å². The summed E-state index contributed by atoms with van der Waals surface area (Å²) in [5.41, 5.74) is 0. The second kappa shape index (κ2) is 8.25. The fraction of sp³-hybridized carbons (Fsp3) is 0.727. The average molecular weight is 263 g/mol. The predicted octanol–water partition coefficient (Wildman–Crippen LogP) is 0.472. The number of hydrogen-bond donors (Lipinski definition) is 0. The highest BCUT2D eigenvalue weighted by Gasteiger charge is 2.11. The third-order valence-corrected chi connectivity index (χ3v) is 3.07. The molecule has 0 aromatic rings. The second-order valence-electron chi connectivity index (χ2n) is 3.81. The summed E-state index contributed by atoms with van der Waals surface area (Å²) in [4.78, 5) is 13.1. The molecule has 0 rings (SSSR count). The van der Waals surface area contributed by atoms with Crippen LogP contribution >= 0.6 is 0 Å². The number of nitrogens with zero attached hydrogens (tertiary/aromatic N) is 1. The molecule has 0 saturated carbocycles. The Labute approximate surface area is 103 Å². The molecule has 0 aromatic carbocycles. The fourth-order valence-corrected chi connectivity index (χ4v) is 2.01. The summed E-state index contributed by atoms with van der Waals surface area (Å²) in [6, 6.07) is 0. The van der Waals surface area contributed by atoms with Gasteiger partial charge in [-0.25, -0.2) is 8.42 Å². The van der Waals surface area contributed by atoms with Crippen LogP contribution in [0.3, 0.4) is 0 Å². The molecule has 0 saturated heterocycles.